The smallest absolute Gasteiger partial charge is 0.339 e. The molecule has 32 heavy (non-hydrogen) atoms. The van der Waals surface area contributed by atoms with E-state index in [9.17, 15) is 33.4 Å². The molecular formula is C20H14N2O9S. The highest BCUT2D eigenvalue weighted by molar-refractivity contribution is 7.87. The Bertz CT molecular complexity index is 1270. The number of carbonyl (C=O) groups excluding carboxylic acids is 1. The Morgan fingerprint density at radius 1 is 0.844 bits per heavy atom. The predicted molar refractivity (Wildman–Crippen MR) is 110 cm³/mol. The molecule has 0 heterocycles. The van der Waals surface area contributed by atoms with Crippen LogP contribution in [0.4, 0.5) is 11.4 Å². The lowest BCUT2D eigenvalue weighted by Gasteiger charge is -2.08. The molecule has 0 radical (unpaired) electrons. The van der Waals surface area contributed by atoms with Gasteiger partial charge in [-0.3, -0.25) is 20.2 Å². The highest BCUT2D eigenvalue weighted by atomic mass is 32.2. The van der Waals surface area contributed by atoms with Gasteiger partial charge in [-0.05, 0) is 48.0 Å². The Morgan fingerprint density at radius 3 is 2.06 bits per heavy atom. The Labute approximate surface area is 181 Å². The van der Waals surface area contributed by atoms with E-state index in [2.05, 4.69) is 0 Å². The number of hydrogen-bond acceptors (Lipinski definition) is 9. The number of ether oxygens (including phenoxy) is 1. The second-order valence-corrected chi connectivity index (χ2v) is 7.86. The second kappa shape index (κ2) is 9.22. The molecule has 0 aromatic heterocycles. The van der Waals surface area contributed by atoms with Gasteiger partial charge >= 0.3 is 16.1 Å². The molecule has 3 rings (SSSR count). The zero-order chi connectivity index (χ0) is 23.3. The summed E-state index contributed by atoms with van der Waals surface area (Å²) in [5, 5.41) is 21.5. The monoisotopic (exact) mass is 458 g/mol. The number of rotatable bonds is 8. The lowest BCUT2D eigenvalue weighted by Crippen LogP contribution is -2.10. The lowest BCUT2D eigenvalue weighted by atomic mass is 10.2. The molecule has 0 saturated carbocycles. The number of nitrogens with zero attached hydrogens (tertiary/aromatic N) is 2. The van der Waals surface area contributed by atoms with Gasteiger partial charge in [0.15, 0.2) is 0 Å². The van der Waals surface area contributed by atoms with Gasteiger partial charge in [-0.15, -0.1) is 0 Å². The third kappa shape index (κ3) is 5.43. The first kappa shape index (κ1) is 22.4. The summed E-state index contributed by atoms with van der Waals surface area (Å²) >= 11 is 0. The van der Waals surface area contributed by atoms with Crippen molar-refractivity contribution in [2.75, 3.05) is 0 Å². The van der Waals surface area contributed by atoms with Gasteiger partial charge in [0.1, 0.15) is 17.3 Å². The maximum absolute atomic E-state index is 12.3. The molecule has 0 aliphatic heterocycles. The van der Waals surface area contributed by atoms with Crippen LogP contribution in [-0.4, -0.2) is 24.2 Å². The zero-order valence-corrected chi connectivity index (χ0v) is 16.9. The fraction of sp³-hybridized carbons (Fsp3) is 0.0500. The van der Waals surface area contributed by atoms with Crippen LogP contribution in [0, 0.1) is 20.2 Å². The number of nitro benzene ring substituents is 2. The van der Waals surface area contributed by atoms with E-state index in [4.69, 9.17) is 8.92 Å². The van der Waals surface area contributed by atoms with Gasteiger partial charge < -0.3 is 8.92 Å². The summed E-state index contributed by atoms with van der Waals surface area (Å²) in [5.74, 6) is -0.806. The summed E-state index contributed by atoms with van der Waals surface area (Å²) in [6.45, 7) is -0.115. The summed E-state index contributed by atoms with van der Waals surface area (Å²) < 4.78 is 34.8. The molecule has 164 valence electrons. The molecular weight excluding hydrogens is 444 g/mol. The number of benzene rings is 3. The molecule has 0 bridgehead atoms. The molecule has 12 heteroatoms. The Hall–Kier alpha value is -4.32. The van der Waals surface area contributed by atoms with E-state index in [-0.39, 0.29) is 23.6 Å². The minimum Gasteiger partial charge on any atom is -0.457 e. The van der Waals surface area contributed by atoms with Crippen LogP contribution in [0.5, 0.6) is 5.75 Å². The molecule has 0 atom stereocenters. The van der Waals surface area contributed by atoms with Gasteiger partial charge in [0.25, 0.3) is 11.4 Å². The van der Waals surface area contributed by atoms with Gasteiger partial charge in [-0.1, -0.05) is 6.07 Å². The first-order valence-electron chi connectivity index (χ1n) is 8.85. The molecule has 0 aliphatic carbocycles. The third-order valence-corrected chi connectivity index (χ3v) is 5.37. The predicted octanol–water partition coefficient (Wildman–Crippen LogP) is 3.63. The largest absolute Gasteiger partial charge is 0.457 e. The van der Waals surface area contributed by atoms with Crippen molar-refractivity contribution in [1.82, 2.24) is 0 Å². The minimum absolute atomic E-state index is 0.0873. The first-order valence-corrected chi connectivity index (χ1v) is 10.3. The van der Waals surface area contributed by atoms with Crippen molar-refractivity contribution in [3.05, 3.63) is 104 Å². The molecule has 0 aliphatic rings. The molecule has 3 aromatic carbocycles. The van der Waals surface area contributed by atoms with Crippen molar-refractivity contribution in [2.45, 2.75) is 11.5 Å². The SMILES string of the molecule is O=C(OCc1ccc([N+](=O)[O-])cc1)c1ccc(OS(=O)(=O)c2cccc([N+](=O)[O-])c2)cc1. The van der Waals surface area contributed by atoms with E-state index in [0.717, 1.165) is 18.2 Å². The van der Waals surface area contributed by atoms with Crippen molar-refractivity contribution in [1.29, 1.82) is 0 Å². The highest BCUT2D eigenvalue weighted by Gasteiger charge is 2.20. The fourth-order valence-corrected chi connectivity index (χ4v) is 3.49. The van der Waals surface area contributed by atoms with Crippen LogP contribution < -0.4 is 4.18 Å². The normalized spacial score (nSPS) is 10.9. The van der Waals surface area contributed by atoms with Gasteiger partial charge in [-0.2, -0.15) is 8.42 Å². The number of non-ortho nitro benzene ring substituents is 2. The zero-order valence-electron chi connectivity index (χ0n) is 16.1. The quantitative estimate of drug-likeness (QED) is 0.213. The molecule has 0 spiro atoms. The van der Waals surface area contributed by atoms with Crippen molar-refractivity contribution < 1.29 is 32.0 Å². The van der Waals surface area contributed by atoms with Gasteiger partial charge in [0.05, 0.1) is 15.4 Å². The van der Waals surface area contributed by atoms with E-state index in [1.165, 1.54) is 54.6 Å². The van der Waals surface area contributed by atoms with Crippen molar-refractivity contribution >= 4 is 27.5 Å². The second-order valence-electron chi connectivity index (χ2n) is 6.32. The van der Waals surface area contributed by atoms with Crippen LogP contribution in [0.15, 0.2) is 77.7 Å². The molecule has 0 N–H and O–H groups in total. The first-order chi connectivity index (χ1) is 15.2. The summed E-state index contributed by atoms with van der Waals surface area (Å²) in [6, 6.07) is 14.9. The highest BCUT2D eigenvalue weighted by Crippen LogP contribution is 2.23. The number of hydrogen-bond donors (Lipinski definition) is 0. The molecule has 0 fully saturated rings. The maximum Gasteiger partial charge on any atom is 0.339 e. The van der Waals surface area contributed by atoms with E-state index < -0.39 is 36.5 Å². The van der Waals surface area contributed by atoms with Crippen LogP contribution in [0.3, 0.4) is 0 Å². The molecule has 3 aromatic rings. The summed E-state index contributed by atoms with van der Waals surface area (Å²) in [5.41, 5.74) is 0.176. The third-order valence-electron chi connectivity index (χ3n) is 4.13. The summed E-state index contributed by atoms with van der Waals surface area (Å²) in [6.07, 6.45) is 0. The van der Waals surface area contributed by atoms with Gasteiger partial charge in [0.2, 0.25) is 0 Å². The van der Waals surface area contributed by atoms with Crippen LogP contribution in [0.1, 0.15) is 15.9 Å². The van der Waals surface area contributed by atoms with Crippen molar-refractivity contribution in [2.24, 2.45) is 0 Å². The van der Waals surface area contributed by atoms with Gasteiger partial charge in [-0.25, -0.2) is 4.79 Å². The van der Waals surface area contributed by atoms with E-state index in [1.807, 2.05) is 0 Å². The number of esters is 1. The minimum atomic E-state index is -4.33. The average molecular weight is 458 g/mol. The van der Waals surface area contributed by atoms with Gasteiger partial charge in [0, 0.05) is 24.3 Å². The van der Waals surface area contributed by atoms with Crippen LogP contribution in [0.2, 0.25) is 0 Å². The van der Waals surface area contributed by atoms with E-state index in [1.54, 1.807) is 0 Å². The van der Waals surface area contributed by atoms with E-state index in [0.29, 0.717) is 5.56 Å². The Kier molecular flexibility index (Phi) is 6.45. The van der Waals surface area contributed by atoms with Crippen molar-refractivity contribution in [3.63, 3.8) is 0 Å². The van der Waals surface area contributed by atoms with Crippen LogP contribution >= 0.6 is 0 Å². The van der Waals surface area contributed by atoms with Crippen molar-refractivity contribution in [3.8, 4) is 5.75 Å². The summed E-state index contributed by atoms with van der Waals surface area (Å²) in [4.78, 5) is 32.0. The molecule has 0 saturated heterocycles. The van der Waals surface area contributed by atoms with E-state index >= 15 is 0 Å². The standard InChI is InChI=1S/C20H14N2O9S/c23-20(30-13-14-4-8-16(9-5-14)21(24)25)15-6-10-18(11-7-15)31-32(28,29)19-3-1-2-17(12-19)22(26)27/h1-12H,13H2. The maximum atomic E-state index is 12.3. The molecule has 11 nitrogen and oxygen atoms in total. The topological polar surface area (TPSA) is 156 Å². The Morgan fingerprint density at radius 2 is 1.47 bits per heavy atom. The lowest BCUT2D eigenvalue weighted by molar-refractivity contribution is -0.385. The fourth-order valence-electron chi connectivity index (χ4n) is 2.52. The summed E-state index contributed by atoms with van der Waals surface area (Å²) in [7, 11) is -4.33. The number of nitro groups is 2. The van der Waals surface area contributed by atoms with Crippen LogP contribution in [-0.2, 0) is 21.5 Å². The molecule has 0 amide bonds. The Balaban J connectivity index is 1.64. The molecule has 0 unspecified atom stereocenters. The van der Waals surface area contributed by atoms with Crippen LogP contribution in [0.25, 0.3) is 0 Å². The number of carbonyl (C=O) groups is 1. The average Bonchev–Trinajstić information content (AvgIpc) is 2.78.